The Kier molecular flexibility index (Phi) is 6.73. The van der Waals surface area contributed by atoms with Gasteiger partial charge >= 0.3 is 0 Å². The Bertz CT molecular complexity index is 1060. The van der Waals surface area contributed by atoms with Crippen LogP contribution >= 0.6 is 11.6 Å². The molecule has 1 fully saturated rings. The van der Waals surface area contributed by atoms with Gasteiger partial charge < -0.3 is 15.8 Å². The quantitative estimate of drug-likeness (QED) is 0.501. The monoisotopic (exact) mass is 436 g/mol. The van der Waals surface area contributed by atoms with Crippen LogP contribution in [0.25, 0.3) is 23.1 Å². The zero-order valence-corrected chi connectivity index (χ0v) is 18.8. The molecule has 0 atom stereocenters. The van der Waals surface area contributed by atoms with Crippen LogP contribution in [-0.2, 0) is 0 Å². The summed E-state index contributed by atoms with van der Waals surface area (Å²) in [7, 11) is 0. The molecule has 6 heteroatoms. The summed E-state index contributed by atoms with van der Waals surface area (Å²) in [5.74, 6) is 2.33. The highest BCUT2D eigenvalue weighted by atomic mass is 35.5. The lowest BCUT2D eigenvalue weighted by atomic mass is 9.92. The summed E-state index contributed by atoms with van der Waals surface area (Å²) in [5.41, 5.74) is 8.02. The van der Waals surface area contributed by atoms with Crippen molar-refractivity contribution in [2.24, 2.45) is 5.73 Å². The van der Waals surface area contributed by atoms with E-state index in [-0.39, 0.29) is 6.10 Å². The summed E-state index contributed by atoms with van der Waals surface area (Å²) in [4.78, 5) is 9.60. The molecule has 5 nitrogen and oxygen atoms in total. The lowest BCUT2D eigenvalue weighted by Gasteiger charge is -2.27. The van der Waals surface area contributed by atoms with Crippen LogP contribution in [0.15, 0.2) is 42.5 Å². The number of anilines is 1. The molecular formula is C25H29ClN4O. The van der Waals surface area contributed by atoms with Crippen LogP contribution in [0, 0.1) is 0 Å². The van der Waals surface area contributed by atoms with Gasteiger partial charge in [-0.3, -0.25) is 0 Å². The number of benzene rings is 2. The maximum absolute atomic E-state index is 6.09. The van der Waals surface area contributed by atoms with Crippen LogP contribution in [0.2, 0.25) is 5.02 Å². The van der Waals surface area contributed by atoms with Gasteiger partial charge in [-0.2, -0.15) is 0 Å². The minimum Gasteiger partial charge on any atom is -0.491 e. The zero-order chi connectivity index (χ0) is 21.8. The van der Waals surface area contributed by atoms with Crippen molar-refractivity contribution in [3.8, 4) is 5.75 Å². The second-order valence-corrected chi connectivity index (χ2v) is 8.85. The van der Waals surface area contributed by atoms with E-state index in [1.54, 1.807) is 0 Å². The highest BCUT2D eigenvalue weighted by molar-refractivity contribution is 6.30. The van der Waals surface area contributed by atoms with Crippen molar-refractivity contribution in [2.45, 2.75) is 57.7 Å². The highest BCUT2D eigenvalue weighted by Gasteiger charge is 2.20. The van der Waals surface area contributed by atoms with Gasteiger partial charge in [-0.15, -0.1) is 0 Å². The van der Waals surface area contributed by atoms with Gasteiger partial charge in [-0.1, -0.05) is 29.8 Å². The Morgan fingerprint density at radius 1 is 1.03 bits per heavy atom. The van der Waals surface area contributed by atoms with E-state index in [9.17, 15) is 0 Å². The molecule has 0 radical (unpaired) electrons. The third kappa shape index (κ3) is 5.75. The fourth-order valence-electron chi connectivity index (χ4n) is 3.86. The van der Waals surface area contributed by atoms with E-state index in [2.05, 4.69) is 5.32 Å². The Labute approximate surface area is 188 Å². The molecule has 2 aromatic carbocycles. The average molecular weight is 437 g/mol. The van der Waals surface area contributed by atoms with Gasteiger partial charge in [0, 0.05) is 22.5 Å². The second-order valence-electron chi connectivity index (χ2n) is 8.42. The maximum atomic E-state index is 6.09. The number of rotatable bonds is 6. The molecule has 1 saturated carbocycles. The summed E-state index contributed by atoms with van der Waals surface area (Å²) < 4.78 is 5.90. The lowest BCUT2D eigenvalue weighted by Crippen LogP contribution is -2.33. The Hall–Kier alpha value is -2.63. The number of nitrogens with two attached hydrogens (primary N) is 1. The van der Waals surface area contributed by atoms with Gasteiger partial charge in [0.1, 0.15) is 11.6 Å². The molecule has 3 N–H and O–H groups in total. The molecule has 31 heavy (non-hydrogen) atoms. The molecule has 0 unspecified atom stereocenters. The van der Waals surface area contributed by atoms with Crippen molar-refractivity contribution in [2.75, 3.05) is 5.32 Å². The van der Waals surface area contributed by atoms with E-state index >= 15 is 0 Å². The van der Waals surface area contributed by atoms with Crippen molar-refractivity contribution in [1.29, 1.82) is 0 Å². The molecule has 0 spiro atoms. The third-order valence-electron chi connectivity index (χ3n) is 5.46. The molecule has 4 rings (SSSR count). The van der Waals surface area contributed by atoms with Crippen molar-refractivity contribution >= 4 is 40.5 Å². The first-order valence-electron chi connectivity index (χ1n) is 10.9. The predicted octanol–water partition coefficient (Wildman–Crippen LogP) is 5.92. The number of nitrogens with zero attached hydrogens (tertiary/aromatic N) is 2. The first-order chi connectivity index (χ1) is 15.0. The average Bonchev–Trinajstić information content (AvgIpc) is 2.75. The summed E-state index contributed by atoms with van der Waals surface area (Å²) in [6.45, 7) is 4.05. The van der Waals surface area contributed by atoms with Crippen LogP contribution in [0.3, 0.4) is 0 Å². The van der Waals surface area contributed by atoms with E-state index in [0.717, 1.165) is 58.7 Å². The highest BCUT2D eigenvalue weighted by Crippen LogP contribution is 2.29. The molecule has 0 amide bonds. The van der Waals surface area contributed by atoms with Gasteiger partial charge in [0.25, 0.3) is 0 Å². The number of nitrogens with one attached hydrogen (secondary N) is 1. The van der Waals surface area contributed by atoms with E-state index < -0.39 is 0 Å². The number of hydrogen-bond acceptors (Lipinski definition) is 5. The van der Waals surface area contributed by atoms with Crippen LogP contribution in [-0.4, -0.2) is 28.2 Å². The lowest BCUT2D eigenvalue weighted by molar-refractivity contribution is 0.243. The summed E-state index contributed by atoms with van der Waals surface area (Å²) in [6, 6.07) is 14.4. The molecule has 1 heterocycles. The Morgan fingerprint density at radius 2 is 1.77 bits per heavy atom. The molecule has 3 aromatic rings. The number of halogens is 1. The molecule has 1 aliphatic carbocycles. The van der Waals surface area contributed by atoms with E-state index in [1.165, 1.54) is 0 Å². The topological polar surface area (TPSA) is 73.1 Å². The normalized spacial score (nSPS) is 19.3. The molecule has 1 aromatic heterocycles. The number of ether oxygens (including phenoxy) is 1. The van der Waals surface area contributed by atoms with Crippen LogP contribution in [0.5, 0.6) is 5.75 Å². The molecule has 0 aliphatic heterocycles. The van der Waals surface area contributed by atoms with Gasteiger partial charge in [0.2, 0.25) is 0 Å². The fraction of sp³-hybridized carbons (Fsp3) is 0.360. The SMILES string of the molecule is CC(C)Oc1ccc2nc(/C=C\c3ccc(Cl)cc3)nc(NC3CCC(N)CC3)c2c1. The number of hydrogen-bond donors (Lipinski definition) is 2. The van der Waals surface area contributed by atoms with Gasteiger partial charge in [0.15, 0.2) is 5.82 Å². The number of aromatic nitrogens is 2. The van der Waals surface area contributed by atoms with Crippen molar-refractivity contribution in [3.05, 3.63) is 58.9 Å². The molecular weight excluding hydrogens is 408 g/mol. The summed E-state index contributed by atoms with van der Waals surface area (Å²) in [5, 5.41) is 5.35. The maximum Gasteiger partial charge on any atom is 0.154 e. The first kappa shape index (κ1) is 21.6. The summed E-state index contributed by atoms with van der Waals surface area (Å²) >= 11 is 5.99. The van der Waals surface area contributed by atoms with E-state index in [0.29, 0.717) is 17.9 Å². The first-order valence-corrected chi connectivity index (χ1v) is 11.3. The minimum atomic E-state index is 0.108. The largest absolute Gasteiger partial charge is 0.491 e. The van der Waals surface area contributed by atoms with Crippen LogP contribution in [0.4, 0.5) is 5.82 Å². The van der Waals surface area contributed by atoms with E-state index in [4.69, 9.17) is 32.0 Å². The summed E-state index contributed by atoms with van der Waals surface area (Å²) in [6.07, 6.45) is 8.20. The van der Waals surface area contributed by atoms with Crippen LogP contribution in [0.1, 0.15) is 50.9 Å². The second kappa shape index (κ2) is 9.67. The van der Waals surface area contributed by atoms with Crippen molar-refractivity contribution in [3.63, 3.8) is 0 Å². The van der Waals surface area contributed by atoms with Gasteiger partial charge in [-0.25, -0.2) is 9.97 Å². The Balaban J connectivity index is 1.67. The number of fused-ring (bicyclic) bond motifs is 1. The smallest absolute Gasteiger partial charge is 0.154 e. The van der Waals surface area contributed by atoms with Crippen molar-refractivity contribution in [1.82, 2.24) is 9.97 Å². The predicted molar refractivity (Wildman–Crippen MR) is 130 cm³/mol. The van der Waals surface area contributed by atoms with Crippen molar-refractivity contribution < 1.29 is 4.74 Å². The molecule has 1 aliphatic rings. The molecule has 162 valence electrons. The standard InChI is InChI=1S/C25H29ClN4O/c1-16(2)31-21-12-13-23-22(15-21)25(28-20-10-8-19(27)9-11-20)30-24(29-23)14-5-17-3-6-18(26)7-4-17/h3-7,12-16,19-20H,8-11,27H2,1-2H3,(H,28,29,30)/b14-5-. The van der Waals surface area contributed by atoms with Gasteiger partial charge in [0.05, 0.1) is 11.6 Å². The van der Waals surface area contributed by atoms with E-state index in [1.807, 2.05) is 68.5 Å². The fourth-order valence-corrected chi connectivity index (χ4v) is 3.98. The Morgan fingerprint density at radius 3 is 2.48 bits per heavy atom. The molecule has 0 bridgehead atoms. The zero-order valence-electron chi connectivity index (χ0n) is 18.0. The van der Waals surface area contributed by atoms with Crippen LogP contribution < -0.4 is 15.8 Å². The minimum absolute atomic E-state index is 0.108. The molecule has 0 saturated heterocycles. The third-order valence-corrected chi connectivity index (χ3v) is 5.72. The van der Waals surface area contributed by atoms with Gasteiger partial charge in [-0.05, 0) is 81.5 Å².